The third-order valence-corrected chi connectivity index (χ3v) is 10.3. The van der Waals surface area contributed by atoms with Gasteiger partial charge in [-0.15, -0.1) is 0 Å². The molecule has 4 aromatic heterocycles. The van der Waals surface area contributed by atoms with Gasteiger partial charge in [0.15, 0.2) is 5.65 Å². The number of nitrogens with zero attached hydrogens (tertiary/aromatic N) is 6. The third kappa shape index (κ3) is 6.68. The van der Waals surface area contributed by atoms with Crippen LogP contribution in [0.5, 0.6) is 5.75 Å². The fraction of sp³-hybridized carbons (Fsp3) is 0.333. The van der Waals surface area contributed by atoms with Gasteiger partial charge in [-0.25, -0.2) is 28.1 Å². The number of imidazole rings is 1. The maximum Gasteiger partial charge on any atom is 0.337 e. The zero-order valence-corrected chi connectivity index (χ0v) is 28.1. The molecule has 1 aliphatic heterocycles. The molecule has 6 aromatic rings. The molecule has 1 aliphatic carbocycles. The van der Waals surface area contributed by atoms with Gasteiger partial charge in [0, 0.05) is 37.6 Å². The highest BCUT2D eigenvalue weighted by Crippen LogP contribution is 2.31. The van der Waals surface area contributed by atoms with Gasteiger partial charge in [0.2, 0.25) is 0 Å². The van der Waals surface area contributed by atoms with Crippen molar-refractivity contribution in [3.8, 4) is 22.6 Å². The molecular weight excluding hydrogens is 652 g/mol. The number of hydrogen-bond acceptors (Lipinski definition) is 7. The number of benzene rings is 2. The number of fused-ring (bicyclic) bond motifs is 2. The lowest BCUT2D eigenvalue weighted by Gasteiger charge is -2.30. The van der Waals surface area contributed by atoms with Crippen LogP contribution >= 0.6 is 0 Å². The quantitative estimate of drug-likeness (QED) is 0.199. The zero-order valence-electron chi connectivity index (χ0n) is 28.1. The van der Waals surface area contributed by atoms with Crippen LogP contribution in [0.3, 0.4) is 0 Å². The first-order valence-electron chi connectivity index (χ1n) is 17.6. The molecule has 12 heteroatoms. The van der Waals surface area contributed by atoms with E-state index in [9.17, 15) is 23.5 Å². The highest BCUT2D eigenvalue weighted by atomic mass is 19.1. The predicted octanol–water partition coefficient (Wildman–Crippen LogP) is 6.11. The number of aromatic hydroxyl groups is 1. The Labute approximate surface area is 292 Å². The third-order valence-electron chi connectivity index (χ3n) is 10.3. The number of piperidine rings is 1. The minimum absolute atomic E-state index is 0.0407. The molecule has 262 valence electrons. The van der Waals surface area contributed by atoms with Crippen LogP contribution in [0.15, 0.2) is 88.8 Å². The first kappa shape index (κ1) is 33.0. The summed E-state index contributed by atoms with van der Waals surface area (Å²) in [6, 6.07) is 16.8. The summed E-state index contributed by atoms with van der Waals surface area (Å²) < 4.78 is 32.6. The molecule has 0 bridgehead atoms. The van der Waals surface area contributed by atoms with Crippen molar-refractivity contribution < 1.29 is 13.9 Å². The van der Waals surface area contributed by atoms with Crippen LogP contribution in [0.2, 0.25) is 0 Å². The van der Waals surface area contributed by atoms with E-state index < -0.39 is 17.1 Å². The zero-order chi connectivity index (χ0) is 35.1. The molecule has 2 aromatic carbocycles. The highest BCUT2D eigenvalue weighted by molar-refractivity contribution is 5.77. The van der Waals surface area contributed by atoms with Crippen molar-refractivity contribution in [2.24, 2.45) is 0 Å². The molecule has 2 aliphatic rings. The lowest BCUT2D eigenvalue weighted by molar-refractivity contribution is 0.221. The second-order valence-electron chi connectivity index (χ2n) is 13.8. The Morgan fingerprint density at radius 3 is 2.53 bits per heavy atom. The number of aromatic nitrogens is 5. The van der Waals surface area contributed by atoms with Crippen LogP contribution in [-0.4, -0.2) is 52.6 Å². The molecular formula is C39H39F2N7O3. The summed E-state index contributed by atoms with van der Waals surface area (Å²) in [6.07, 6.45) is 10.3. The Bertz CT molecular complexity index is 2350. The van der Waals surface area contributed by atoms with E-state index in [0.717, 1.165) is 60.6 Å². The summed E-state index contributed by atoms with van der Waals surface area (Å²) in [4.78, 5) is 39.5. The minimum Gasteiger partial charge on any atom is -0.508 e. The lowest BCUT2D eigenvalue weighted by atomic mass is 9.91. The second kappa shape index (κ2) is 13.8. The molecule has 1 saturated carbocycles. The average molecular weight is 692 g/mol. The van der Waals surface area contributed by atoms with E-state index in [2.05, 4.69) is 20.2 Å². The number of hydrogen-bond donors (Lipinski definition) is 2. The maximum absolute atomic E-state index is 14.6. The molecule has 2 fully saturated rings. The number of likely N-dealkylation sites (tertiary alicyclic amines) is 1. The van der Waals surface area contributed by atoms with E-state index in [1.165, 1.54) is 27.8 Å². The fourth-order valence-electron chi connectivity index (χ4n) is 7.79. The largest absolute Gasteiger partial charge is 0.508 e. The van der Waals surface area contributed by atoms with Gasteiger partial charge >= 0.3 is 5.69 Å². The first-order chi connectivity index (χ1) is 24.8. The van der Waals surface area contributed by atoms with Crippen LogP contribution < -0.4 is 16.6 Å². The topological polar surface area (TPSA) is 110 Å². The smallest absolute Gasteiger partial charge is 0.337 e. The number of halogens is 2. The summed E-state index contributed by atoms with van der Waals surface area (Å²) in [6.45, 7) is 3.20. The van der Waals surface area contributed by atoms with E-state index in [1.54, 1.807) is 34.9 Å². The monoisotopic (exact) mass is 691 g/mol. The Kier molecular flexibility index (Phi) is 8.95. The van der Waals surface area contributed by atoms with Crippen LogP contribution in [0.4, 0.5) is 8.78 Å². The summed E-state index contributed by atoms with van der Waals surface area (Å²) in [5.41, 5.74) is 3.77. The van der Waals surface area contributed by atoms with E-state index in [0.29, 0.717) is 50.1 Å². The molecule has 2 N–H and O–H groups in total. The molecule has 51 heavy (non-hydrogen) atoms. The maximum atomic E-state index is 14.6. The molecule has 0 atom stereocenters. The van der Waals surface area contributed by atoms with Gasteiger partial charge in [0.1, 0.15) is 23.0 Å². The Hall–Kier alpha value is -5.20. The SMILES string of the molecule is O=c1c2cc(F)cnc2n(-c2cccc(-c3ccc(O)cc3CN3CCCCC3)c2)c(=O)n1[C@H]1CC[C@@H](NCc2cn3cc(F)ccc3n2)CC1. The Balaban J connectivity index is 1.09. The van der Waals surface area contributed by atoms with Gasteiger partial charge < -0.3 is 14.8 Å². The fourth-order valence-corrected chi connectivity index (χ4v) is 7.79. The predicted molar refractivity (Wildman–Crippen MR) is 191 cm³/mol. The number of pyridine rings is 2. The highest BCUT2D eigenvalue weighted by Gasteiger charge is 2.27. The van der Waals surface area contributed by atoms with E-state index >= 15 is 0 Å². The van der Waals surface area contributed by atoms with Gasteiger partial charge in [0.05, 0.1) is 23.0 Å². The molecule has 8 rings (SSSR count). The lowest BCUT2D eigenvalue weighted by Crippen LogP contribution is -2.44. The summed E-state index contributed by atoms with van der Waals surface area (Å²) >= 11 is 0. The standard InChI is InChI=1S/C39H39F2N7O3/c40-27-7-14-36-44-30(24-46(36)23-27)21-42-29-8-10-31(11-9-29)48-38(50)35-19-28(41)20-43-37(35)47(39(48)51)32-6-4-5-25(17-32)34-13-12-33(49)18-26(34)22-45-15-2-1-3-16-45/h4-7,12-14,17-20,23-24,29,31,42,49H,1-3,8-11,15-16,21-22H2/t29-,31+. The van der Waals surface area contributed by atoms with Crippen LogP contribution in [0.25, 0.3) is 33.5 Å². The Morgan fingerprint density at radius 1 is 0.882 bits per heavy atom. The van der Waals surface area contributed by atoms with Gasteiger partial charge in [-0.1, -0.05) is 24.6 Å². The Morgan fingerprint density at radius 2 is 1.71 bits per heavy atom. The molecule has 1 saturated heterocycles. The van der Waals surface area contributed by atoms with Crippen LogP contribution in [-0.2, 0) is 13.1 Å². The van der Waals surface area contributed by atoms with E-state index in [-0.39, 0.29) is 34.7 Å². The summed E-state index contributed by atoms with van der Waals surface area (Å²) in [7, 11) is 0. The summed E-state index contributed by atoms with van der Waals surface area (Å²) in [5, 5.41) is 14.0. The first-order valence-corrected chi connectivity index (χ1v) is 17.6. The normalized spacial score (nSPS) is 18.5. The van der Waals surface area contributed by atoms with Crippen molar-refractivity contribution in [3.05, 3.63) is 123 Å². The van der Waals surface area contributed by atoms with Crippen molar-refractivity contribution in [1.82, 2.24) is 33.7 Å². The van der Waals surface area contributed by atoms with Crippen molar-refractivity contribution in [2.45, 2.75) is 70.1 Å². The van der Waals surface area contributed by atoms with Gasteiger partial charge in [-0.2, -0.15) is 0 Å². The molecule has 10 nitrogen and oxygen atoms in total. The molecule has 5 heterocycles. The molecule has 0 spiro atoms. The van der Waals surface area contributed by atoms with Crippen molar-refractivity contribution >= 4 is 16.7 Å². The summed E-state index contributed by atoms with van der Waals surface area (Å²) in [5.74, 6) is -0.792. The molecule has 0 amide bonds. The molecule has 0 unspecified atom stereocenters. The van der Waals surface area contributed by atoms with Gasteiger partial charge in [-0.05, 0) is 111 Å². The molecule has 0 radical (unpaired) electrons. The number of rotatable bonds is 8. The van der Waals surface area contributed by atoms with Crippen molar-refractivity contribution in [2.75, 3.05) is 13.1 Å². The van der Waals surface area contributed by atoms with E-state index in [4.69, 9.17) is 0 Å². The average Bonchev–Trinajstić information content (AvgIpc) is 3.54. The number of phenolic OH excluding ortho intramolecular Hbond substituents is 1. The van der Waals surface area contributed by atoms with Gasteiger partial charge in [0.25, 0.3) is 5.56 Å². The van der Waals surface area contributed by atoms with Crippen molar-refractivity contribution in [3.63, 3.8) is 0 Å². The van der Waals surface area contributed by atoms with Crippen LogP contribution in [0, 0.1) is 11.6 Å². The number of phenols is 1. The second-order valence-corrected chi connectivity index (χ2v) is 13.8. The minimum atomic E-state index is -0.654. The van der Waals surface area contributed by atoms with Crippen molar-refractivity contribution in [1.29, 1.82) is 0 Å². The number of nitrogens with one attached hydrogen (secondary N) is 1. The van der Waals surface area contributed by atoms with E-state index in [1.807, 2.05) is 24.3 Å². The van der Waals surface area contributed by atoms with Gasteiger partial charge in [-0.3, -0.25) is 14.3 Å². The van der Waals surface area contributed by atoms with Crippen LogP contribution in [0.1, 0.15) is 62.2 Å².